The standard InChI is InChI=1S/C17H20ClNOS2/c1-20-10-9-19-7-4-13(5-8-19)16(15-3-2-11-21-15)14-6-12-22-17(14)18/h2-3,6,11-12H,4-5,7-10H2,1H3. The van der Waals surface area contributed by atoms with Crippen molar-refractivity contribution in [2.75, 3.05) is 33.4 Å². The molecule has 0 saturated carbocycles. The van der Waals surface area contributed by atoms with Crippen molar-refractivity contribution < 1.29 is 4.74 Å². The molecule has 3 heterocycles. The van der Waals surface area contributed by atoms with E-state index in [1.54, 1.807) is 29.8 Å². The summed E-state index contributed by atoms with van der Waals surface area (Å²) in [7, 11) is 1.77. The highest BCUT2D eigenvalue weighted by Gasteiger charge is 2.21. The van der Waals surface area contributed by atoms with Crippen LogP contribution in [0.1, 0.15) is 23.3 Å². The summed E-state index contributed by atoms with van der Waals surface area (Å²) in [4.78, 5) is 3.81. The van der Waals surface area contributed by atoms with Gasteiger partial charge in [-0.3, -0.25) is 0 Å². The van der Waals surface area contributed by atoms with Gasteiger partial charge in [-0.05, 0) is 35.7 Å². The van der Waals surface area contributed by atoms with Gasteiger partial charge in [0.25, 0.3) is 0 Å². The summed E-state index contributed by atoms with van der Waals surface area (Å²) in [6.45, 7) is 4.05. The molecule has 2 aromatic rings. The molecule has 5 heteroatoms. The third-order valence-corrected chi connectivity index (χ3v) is 6.14. The van der Waals surface area contributed by atoms with Gasteiger partial charge in [0.1, 0.15) is 4.34 Å². The Balaban J connectivity index is 1.86. The molecule has 2 aromatic heterocycles. The molecule has 3 rings (SSSR count). The van der Waals surface area contributed by atoms with Crippen LogP contribution in [-0.2, 0) is 4.74 Å². The maximum atomic E-state index is 6.43. The van der Waals surface area contributed by atoms with Gasteiger partial charge in [-0.1, -0.05) is 23.2 Å². The number of methoxy groups -OCH3 is 1. The SMILES string of the molecule is COCCN1CCC(=C(c2cccs2)c2ccsc2Cl)CC1. The molecule has 0 atom stereocenters. The van der Waals surface area contributed by atoms with Gasteiger partial charge in [-0.15, -0.1) is 22.7 Å². The predicted molar refractivity (Wildman–Crippen MR) is 97.2 cm³/mol. The van der Waals surface area contributed by atoms with E-state index in [4.69, 9.17) is 16.3 Å². The number of rotatable bonds is 5. The van der Waals surface area contributed by atoms with Crippen LogP contribution in [-0.4, -0.2) is 38.3 Å². The van der Waals surface area contributed by atoms with E-state index < -0.39 is 0 Å². The van der Waals surface area contributed by atoms with Crippen LogP contribution in [0.3, 0.4) is 0 Å². The highest BCUT2D eigenvalue weighted by Crippen LogP contribution is 2.39. The van der Waals surface area contributed by atoms with Crippen LogP contribution < -0.4 is 0 Å². The Kier molecular flexibility index (Phi) is 5.71. The molecule has 0 aliphatic carbocycles. The van der Waals surface area contributed by atoms with Gasteiger partial charge in [0, 0.05) is 42.8 Å². The summed E-state index contributed by atoms with van der Waals surface area (Å²) in [5, 5.41) is 4.23. The Labute approximate surface area is 145 Å². The Bertz CT molecular complexity index is 623. The largest absolute Gasteiger partial charge is 0.383 e. The second-order valence-electron chi connectivity index (χ2n) is 5.40. The lowest BCUT2D eigenvalue weighted by Gasteiger charge is -2.29. The fourth-order valence-electron chi connectivity index (χ4n) is 2.91. The lowest BCUT2D eigenvalue weighted by molar-refractivity contribution is 0.143. The number of thiophene rings is 2. The second-order valence-corrected chi connectivity index (χ2v) is 7.86. The number of halogens is 1. The van der Waals surface area contributed by atoms with Crippen molar-refractivity contribution in [1.29, 1.82) is 0 Å². The fraction of sp³-hybridized carbons (Fsp3) is 0.412. The first-order chi connectivity index (χ1) is 10.8. The van der Waals surface area contributed by atoms with Gasteiger partial charge < -0.3 is 9.64 Å². The Morgan fingerprint density at radius 3 is 2.64 bits per heavy atom. The first-order valence-electron chi connectivity index (χ1n) is 7.50. The van der Waals surface area contributed by atoms with Crippen LogP contribution in [0.2, 0.25) is 4.34 Å². The minimum absolute atomic E-state index is 0.813. The molecule has 0 bridgehead atoms. The van der Waals surface area contributed by atoms with Gasteiger partial charge in [0.2, 0.25) is 0 Å². The van der Waals surface area contributed by atoms with Crippen molar-refractivity contribution in [2.45, 2.75) is 12.8 Å². The van der Waals surface area contributed by atoms with Crippen LogP contribution in [0.25, 0.3) is 5.57 Å². The summed E-state index contributed by atoms with van der Waals surface area (Å²) < 4.78 is 6.08. The van der Waals surface area contributed by atoms with Crippen LogP contribution >= 0.6 is 34.3 Å². The molecule has 22 heavy (non-hydrogen) atoms. The van der Waals surface area contributed by atoms with Crippen molar-refractivity contribution in [2.24, 2.45) is 0 Å². The molecule has 0 unspecified atom stereocenters. The van der Waals surface area contributed by atoms with Crippen molar-refractivity contribution in [1.82, 2.24) is 4.90 Å². The minimum atomic E-state index is 0.813. The average molecular weight is 354 g/mol. The highest BCUT2D eigenvalue weighted by atomic mass is 35.5. The minimum Gasteiger partial charge on any atom is -0.383 e. The zero-order chi connectivity index (χ0) is 15.4. The third kappa shape index (κ3) is 3.63. The molecule has 0 amide bonds. The zero-order valence-corrected chi connectivity index (χ0v) is 15.1. The molecule has 1 aliphatic rings. The first-order valence-corrected chi connectivity index (χ1v) is 9.64. The van der Waals surface area contributed by atoms with Crippen molar-refractivity contribution in [3.8, 4) is 0 Å². The van der Waals surface area contributed by atoms with E-state index in [0.717, 1.165) is 43.4 Å². The number of ether oxygens (including phenoxy) is 1. The third-order valence-electron chi connectivity index (χ3n) is 4.08. The summed E-state index contributed by atoms with van der Waals surface area (Å²) in [5.74, 6) is 0. The van der Waals surface area contributed by atoms with Crippen LogP contribution in [0.4, 0.5) is 0 Å². The molecular weight excluding hydrogens is 334 g/mol. The molecule has 1 aliphatic heterocycles. The van der Waals surface area contributed by atoms with Gasteiger partial charge in [-0.2, -0.15) is 0 Å². The van der Waals surface area contributed by atoms with Crippen LogP contribution in [0.5, 0.6) is 0 Å². The molecule has 118 valence electrons. The lowest BCUT2D eigenvalue weighted by Crippen LogP contribution is -2.33. The van der Waals surface area contributed by atoms with Crippen molar-refractivity contribution in [3.05, 3.63) is 49.3 Å². The van der Waals surface area contributed by atoms with Gasteiger partial charge in [-0.25, -0.2) is 0 Å². The summed E-state index contributed by atoms with van der Waals surface area (Å²) in [6.07, 6.45) is 2.23. The predicted octanol–water partition coefficient (Wildman–Crippen LogP) is 5.01. The summed E-state index contributed by atoms with van der Waals surface area (Å²) in [5.41, 5.74) is 4.11. The Morgan fingerprint density at radius 2 is 2.05 bits per heavy atom. The van der Waals surface area contributed by atoms with Crippen molar-refractivity contribution >= 4 is 39.8 Å². The molecule has 0 radical (unpaired) electrons. The summed E-state index contributed by atoms with van der Waals surface area (Å²) >= 11 is 9.85. The molecule has 0 N–H and O–H groups in total. The second kappa shape index (κ2) is 7.75. The van der Waals surface area contributed by atoms with E-state index in [9.17, 15) is 0 Å². The number of piperidine rings is 1. The zero-order valence-electron chi connectivity index (χ0n) is 12.7. The van der Waals surface area contributed by atoms with E-state index in [0.29, 0.717) is 0 Å². The fourth-order valence-corrected chi connectivity index (χ4v) is 4.67. The van der Waals surface area contributed by atoms with E-state index >= 15 is 0 Å². The van der Waals surface area contributed by atoms with Gasteiger partial charge >= 0.3 is 0 Å². The highest BCUT2D eigenvalue weighted by molar-refractivity contribution is 7.15. The van der Waals surface area contributed by atoms with Gasteiger partial charge in [0.05, 0.1) is 6.61 Å². The monoisotopic (exact) mass is 353 g/mol. The molecule has 0 spiro atoms. The number of nitrogens with zero attached hydrogens (tertiary/aromatic N) is 1. The van der Waals surface area contributed by atoms with E-state index in [1.165, 1.54) is 21.6 Å². The number of hydrogen-bond acceptors (Lipinski definition) is 4. The Morgan fingerprint density at radius 1 is 1.23 bits per heavy atom. The number of hydrogen-bond donors (Lipinski definition) is 0. The molecule has 2 nitrogen and oxygen atoms in total. The van der Waals surface area contributed by atoms with E-state index in [-0.39, 0.29) is 0 Å². The van der Waals surface area contributed by atoms with Gasteiger partial charge in [0.15, 0.2) is 0 Å². The number of likely N-dealkylation sites (tertiary alicyclic amines) is 1. The quantitative estimate of drug-likeness (QED) is 0.749. The maximum Gasteiger partial charge on any atom is 0.101 e. The average Bonchev–Trinajstić information content (AvgIpc) is 3.20. The van der Waals surface area contributed by atoms with Crippen LogP contribution in [0.15, 0.2) is 34.5 Å². The molecular formula is C17H20ClNOS2. The molecule has 1 fully saturated rings. The van der Waals surface area contributed by atoms with Crippen molar-refractivity contribution in [3.63, 3.8) is 0 Å². The first kappa shape index (κ1) is 16.2. The normalized spacial score (nSPS) is 16.2. The van der Waals surface area contributed by atoms with Crippen LogP contribution in [0, 0.1) is 0 Å². The topological polar surface area (TPSA) is 12.5 Å². The lowest BCUT2D eigenvalue weighted by atomic mass is 9.93. The van der Waals surface area contributed by atoms with E-state index in [1.807, 2.05) is 0 Å². The van der Waals surface area contributed by atoms with E-state index in [2.05, 4.69) is 33.9 Å². The maximum absolute atomic E-state index is 6.43. The summed E-state index contributed by atoms with van der Waals surface area (Å²) in [6, 6.07) is 6.49. The molecule has 0 aromatic carbocycles. The molecule has 1 saturated heterocycles. The Hall–Kier alpha value is -0.650. The smallest absolute Gasteiger partial charge is 0.101 e.